The van der Waals surface area contributed by atoms with E-state index in [1.54, 1.807) is 6.07 Å². The van der Waals surface area contributed by atoms with Gasteiger partial charge in [0, 0.05) is 37.8 Å². The van der Waals surface area contributed by atoms with Gasteiger partial charge in [-0.3, -0.25) is 4.90 Å². The molecule has 6 heteroatoms. The van der Waals surface area contributed by atoms with Gasteiger partial charge >= 0.3 is 6.18 Å². The molecule has 1 saturated carbocycles. The molecule has 1 N–H and O–H groups in total. The number of hydrogen-bond donors (Lipinski definition) is 1. The van der Waals surface area contributed by atoms with E-state index in [9.17, 15) is 13.2 Å². The smallest absolute Gasteiger partial charge is 0.416 e. The van der Waals surface area contributed by atoms with Gasteiger partial charge in [-0.05, 0) is 24.5 Å². The summed E-state index contributed by atoms with van der Waals surface area (Å²) in [6.45, 7) is 3.68. The summed E-state index contributed by atoms with van der Waals surface area (Å²) in [5, 5.41) is 3.33. The summed E-state index contributed by atoms with van der Waals surface area (Å²) in [5.74, 6) is 1.05. The molecule has 1 aromatic carbocycles. The third kappa shape index (κ3) is 3.98. The monoisotopic (exact) mass is 328 g/mol. The maximum absolute atomic E-state index is 12.9. The maximum Gasteiger partial charge on any atom is 0.416 e. The molecule has 1 saturated heterocycles. The molecule has 23 heavy (non-hydrogen) atoms. The van der Waals surface area contributed by atoms with Gasteiger partial charge in [-0.25, -0.2) is 0 Å². The Kier molecular flexibility index (Phi) is 4.82. The summed E-state index contributed by atoms with van der Waals surface area (Å²) < 4.78 is 44.1. The van der Waals surface area contributed by atoms with Gasteiger partial charge in [0.2, 0.25) is 0 Å². The number of hydrogen-bond acceptors (Lipinski definition) is 3. The summed E-state index contributed by atoms with van der Waals surface area (Å²) >= 11 is 0. The summed E-state index contributed by atoms with van der Waals surface area (Å²) in [6.07, 6.45) is -0.883. The first-order chi connectivity index (χ1) is 11.0. The molecule has 1 heterocycles. The van der Waals surface area contributed by atoms with Gasteiger partial charge in [0.1, 0.15) is 5.75 Å². The van der Waals surface area contributed by atoms with Crippen LogP contribution in [0, 0.1) is 5.92 Å². The molecular formula is C17H23F3N2O. The zero-order valence-electron chi connectivity index (χ0n) is 13.3. The Bertz CT molecular complexity index is 537. The number of benzene rings is 1. The molecule has 0 amide bonds. The van der Waals surface area contributed by atoms with Gasteiger partial charge in [-0.2, -0.15) is 13.2 Å². The number of alkyl halides is 3. The normalized spacial score (nSPS) is 21.2. The van der Waals surface area contributed by atoms with E-state index in [1.807, 2.05) is 0 Å². The SMILES string of the molecule is COc1cc(C(F)(F)F)ccc1[C@H](CC1CC1)N1CCNCC1. The van der Waals surface area contributed by atoms with Crippen LogP contribution in [0.4, 0.5) is 13.2 Å². The van der Waals surface area contributed by atoms with Crippen LogP contribution in [-0.2, 0) is 6.18 Å². The molecule has 1 atom stereocenters. The fraction of sp³-hybridized carbons (Fsp3) is 0.647. The number of methoxy groups -OCH3 is 1. The second-order valence-corrected chi connectivity index (χ2v) is 6.44. The van der Waals surface area contributed by atoms with Crippen LogP contribution in [0.2, 0.25) is 0 Å². The highest BCUT2D eigenvalue weighted by atomic mass is 19.4. The number of halogens is 3. The Hall–Kier alpha value is -1.27. The van der Waals surface area contributed by atoms with Crippen LogP contribution in [0.1, 0.15) is 36.4 Å². The van der Waals surface area contributed by atoms with Crippen molar-refractivity contribution in [3.05, 3.63) is 29.3 Å². The van der Waals surface area contributed by atoms with E-state index in [0.717, 1.165) is 44.2 Å². The van der Waals surface area contributed by atoms with Crippen molar-refractivity contribution in [1.82, 2.24) is 10.2 Å². The van der Waals surface area contributed by atoms with Crippen LogP contribution < -0.4 is 10.1 Å². The lowest BCUT2D eigenvalue weighted by Crippen LogP contribution is -2.45. The van der Waals surface area contributed by atoms with Crippen molar-refractivity contribution in [2.45, 2.75) is 31.5 Å². The average Bonchev–Trinajstić information content (AvgIpc) is 3.36. The fourth-order valence-corrected chi connectivity index (χ4v) is 3.30. The van der Waals surface area contributed by atoms with Crippen LogP contribution in [0.3, 0.4) is 0 Å². The summed E-state index contributed by atoms with van der Waals surface area (Å²) in [7, 11) is 1.45. The van der Waals surface area contributed by atoms with E-state index in [4.69, 9.17) is 4.74 Å². The third-order valence-electron chi connectivity index (χ3n) is 4.77. The van der Waals surface area contributed by atoms with Crippen molar-refractivity contribution in [2.75, 3.05) is 33.3 Å². The van der Waals surface area contributed by atoms with Crippen molar-refractivity contribution in [3.63, 3.8) is 0 Å². The van der Waals surface area contributed by atoms with Crippen molar-refractivity contribution in [3.8, 4) is 5.75 Å². The van der Waals surface area contributed by atoms with Crippen molar-refractivity contribution in [2.24, 2.45) is 5.92 Å². The Morgan fingerprint density at radius 2 is 1.96 bits per heavy atom. The van der Waals surface area contributed by atoms with Gasteiger partial charge in [0.15, 0.2) is 0 Å². The molecule has 0 radical (unpaired) electrons. The minimum atomic E-state index is -4.34. The van der Waals surface area contributed by atoms with Crippen molar-refractivity contribution in [1.29, 1.82) is 0 Å². The molecule has 2 aliphatic rings. The second kappa shape index (κ2) is 6.69. The van der Waals surface area contributed by atoms with E-state index in [2.05, 4.69) is 10.2 Å². The zero-order chi connectivity index (χ0) is 16.4. The lowest BCUT2D eigenvalue weighted by atomic mass is 9.96. The van der Waals surface area contributed by atoms with Gasteiger partial charge in [-0.15, -0.1) is 0 Å². The number of nitrogens with one attached hydrogen (secondary N) is 1. The zero-order valence-corrected chi connectivity index (χ0v) is 13.3. The highest BCUT2D eigenvalue weighted by Gasteiger charge is 2.35. The topological polar surface area (TPSA) is 24.5 Å². The van der Waals surface area contributed by atoms with E-state index >= 15 is 0 Å². The average molecular weight is 328 g/mol. The molecule has 128 valence electrons. The summed E-state index contributed by atoms with van der Waals surface area (Å²) in [6, 6.07) is 4.07. The Labute approximate surface area is 134 Å². The van der Waals surface area contributed by atoms with Gasteiger partial charge < -0.3 is 10.1 Å². The van der Waals surface area contributed by atoms with Gasteiger partial charge in [0.05, 0.1) is 12.7 Å². The summed E-state index contributed by atoms with van der Waals surface area (Å²) in [5.41, 5.74) is 0.234. The highest BCUT2D eigenvalue weighted by molar-refractivity contribution is 5.41. The van der Waals surface area contributed by atoms with Crippen molar-refractivity contribution < 1.29 is 17.9 Å². The minimum absolute atomic E-state index is 0.141. The lowest BCUT2D eigenvalue weighted by molar-refractivity contribution is -0.137. The lowest BCUT2D eigenvalue weighted by Gasteiger charge is -2.36. The number of piperazine rings is 1. The molecule has 3 rings (SSSR count). The minimum Gasteiger partial charge on any atom is -0.496 e. The molecule has 2 fully saturated rings. The first-order valence-corrected chi connectivity index (χ1v) is 8.19. The summed E-state index contributed by atoms with van der Waals surface area (Å²) in [4.78, 5) is 2.37. The van der Waals surface area contributed by atoms with E-state index < -0.39 is 11.7 Å². The van der Waals surface area contributed by atoms with Crippen LogP contribution in [0.5, 0.6) is 5.75 Å². The Morgan fingerprint density at radius 1 is 1.26 bits per heavy atom. The first-order valence-electron chi connectivity index (χ1n) is 8.19. The Balaban J connectivity index is 1.90. The molecule has 0 spiro atoms. The molecular weight excluding hydrogens is 305 g/mol. The number of rotatable bonds is 5. The molecule has 0 aromatic heterocycles. The molecule has 1 aliphatic heterocycles. The Morgan fingerprint density at radius 3 is 2.52 bits per heavy atom. The predicted molar refractivity (Wildman–Crippen MR) is 82.5 cm³/mol. The van der Waals surface area contributed by atoms with Crippen LogP contribution in [0.15, 0.2) is 18.2 Å². The molecule has 1 aromatic rings. The largest absolute Gasteiger partial charge is 0.496 e. The quantitative estimate of drug-likeness (QED) is 0.896. The van der Waals surface area contributed by atoms with E-state index in [-0.39, 0.29) is 6.04 Å². The third-order valence-corrected chi connectivity index (χ3v) is 4.77. The molecule has 0 bridgehead atoms. The molecule has 3 nitrogen and oxygen atoms in total. The fourth-order valence-electron chi connectivity index (χ4n) is 3.30. The highest BCUT2D eigenvalue weighted by Crippen LogP contribution is 2.43. The molecule has 0 unspecified atom stereocenters. The van der Waals surface area contributed by atoms with Crippen LogP contribution in [-0.4, -0.2) is 38.2 Å². The first kappa shape index (κ1) is 16.6. The maximum atomic E-state index is 12.9. The number of nitrogens with zero attached hydrogens (tertiary/aromatic N) is 1. The van der Waals surface area contributed by atoms with Gasteiger partial charge in [0.25, 0.3) is 0 Å². The van der Waals surface area contributed by atoms with Crippen LogP contribution >= 0.6 is 0 Å². The van der Waals surface area contributed by atoms with E-state index in [0.29, 0.717) is 11.7 Å². The van der Waals surface area contributed by atoms with Crippen molar-refractivity contribution >= 4 is 0 Å². The second-order valence-electron chi connectivity index (χ2n) is 6.44. The number of ether oxygens (including phenoxy) is 1. The van der Waals surface area contributed by atoms with Crippen LogP contribution in [0.25, 0.3) is 0 Å². The molecule has 1 aliphatic carbocycles. The van der Waals surface area contributed by atoms with Gasteiger partial charge in [-0.1, -0.05) is 18.9 Å². The van der Waals surface area contributed by atoms with E-state index in [1.165, 1.54) is 26.0 Å². The predicted octanol–water partition coefficient (Wildman–Crippen LogP) is 3.46. The standard InChI is InChI=1S/C17H23F3N2O/c1-23-16-11-13(17(18,19)20)4-5-14(16)15(10-12-2-3-12)22-8-6-21-7-9-22/h4-5,11-12,15,21H,2-3,6-10H2,1H3/t15-/m0/s1.